The molecule has 0 radical (unpaired) electrons. The zero-order chi connectivity index (χ0) is 18.4. The van der Waals surface area contributed by atoms with Gasteiger partial charge in [0.25, 0.3) is 0 Å². The Hall–Kier alpha value is -2.70. The number of aliphatic hydroxyl groups excluding tert-OH is 1. The molecular weight excluding hydrogens is 328 g/mol. The van der Waals surface area contributed by atoms with Crippen LogP contribution in [0.4, 0.5) is 0 Å². The van der Waals surface area contributed by atoms with E-state index in [4.69, 9.17) is 4.74 Å². The van der Waals surface area contributed by atoms with Crippen LogP contribution in [0, 0.1) is 0 Å². The fourth-order valence-corrected chi connectivity index (χ4v) is 2.75. The van der Waals surface area contributed by atoms with E-state index in [2.05, 4.69) is 34.0 Å². The molecule has 6 nitrogen and oxygen atoms in total. The van der Waals surface area contributed by atoms with Gasteiger partial charge in [-0.2, -0.15) is 5.10 Å². The first-order chi connectivity index (χ1) is 12.6. The number of hydrogen-bond acceptors (Lipinski definition) is 5. The molecule has 0 spiro atoms. The molecule has 1 heterocycles. The summed E-state index contributed by atoms with van der Waals surface area (Å²) in [6.07, 6.45) is 2.63. The summed E-state index contributed by atoms with van der Waals surface area (Å²) in [5.41, 5.74) is 2.14. The maximum atomic E-state index is 10.3. The Bertz CT molecular complexity index is 775. The Morgan fingerprint density at radius 2 is 1.85 bits per heavy atom. The van der Waals surface area contributed by atoms with E-state index in [1.54, 1.807) is 11.0 Å². The van der Waals surface area contributed by atoms with Crippen molar-refractivity contribution < 1.29 is 9.84 Å². The van der Waals surface area contributed by atoms with Crippen molar-refractivity contribution in [1.82, 2.24) is 19.7 Å². The fourth-order valence-electron chi connectivity index (χ4n) is 2.75. The number of ether oxygens (including phenoxy) is 1. The molecule has 3 rings (SSSR count). The molecule has 0 unspecified atom stereocenters. The maximum Gasteiger partial charge on any atom is 0.138 e. The molecule has 0 aliphatic carbocycles. The topological polar surface area (TPSA) is 63.4 Å². The summed E-state index contributed by atoms with van der Waals surface area (Å²) < 4.78 is 7.34. The normalized spacial score (nSPS) is 13.5. The molecule has 1 aromatic heterocycles. The number of nitrogens with zero attached hydrogens (tertiary/aromatic N) is 4. The van der Waals surface area contributed by atoms with Crippen LogP contribution in [-0.2, 0) is 0 Å². The zero-order valence-corrected chi connectivity index (χ0v) is 15.1. The minimum atomic E-state index is -0.558. The van der Waals surface area contributed by atoms with E-state index in [1.807, 2.05) is 49.5 Å². The van der Waals surface area contributed by atoms with Gasteiger partial charge in [-0.1, -0.05) is 30.3 Å². The van der Waals surface area contributed by atoms with Crippen LogP contribution in [0.1, 0.15) is 18.5 Å². The summed E-state index contributed by atoms with van der Waals surface area (Å²) in [6.45, 7) is 2.92. The van der Waals surface area contributed by atoms with Gasteiger partial charge in [0.15, 0.2) is 0 Å². The van der Waals surface area contributed by atoms with E-state index in [0.29, 0.717) is 6.54 Å². The fraction of sp³-hybridized carbons (Fsp3) is 0.300. The predicted octanol–water partition coefficient (Wildman–Crippen LogP) is 2.70. The first-order valence-corrected chi connectivity index (χ1v) is 8.64. The molecule has 1 N–H and O–H groups in total. The zero-order valence-electron chi connectivity index (χ0n) is 15.1. The van der Waals surface area contributed by atoms with Gasteiger partial charge < -0.3 is 9.84 Å². The lowest BCUT2D eigenvalue weighted by molar-refractivity contribution is 0.0654. The van der Waals surface area contributed by atoms with Gasteiger partial charge in [-0.3, -0.25) is 4.90 Å². The average molecular weight is 352 g/mol. The lowest BCUT2D eigenvalue weighted by Crippen LogP contribution is -2.34. The number of aromatic nitrogens is 3. The van der Waals surface area contributed by atoms with Crippen molar-refractivity contribution in [3.05, 3.63) is 72.8 Å². The Morgan fingerprint density at radius 1 is 1.12 bits per heavy atom. The van der Waals surface area contributed by atoms with Crippen LogP contribution in [0.25, 0.3) is 5.69 Å². The third-order valence-electron chi connectivity index (χ3n) is 4.40. The minimum Gasteiger partial charge on any atom is -0.491 e. The Labute approximate surface area is 153 Å². The first-order valence-electron chi connectivity index (χ1n) is 8.64. The molecule has 2 aromatic carbocycles. The number of aliphatic hydroxyl groups is 1. The monoisotopic (exact) mass is 352 g/mol. The first kappa shape index (κ1) is 18.1. The number of rotatable bonds is 8. The highest BCUT2D eigenvalue weighted by Gasteiger charge is 2.16. The summed E-state index contributed by atoms with van der Waals surface area (Å²) in [5, 5.41) is 14.4. The Kier molecular flexibility index (Phi) is 5.99. The molecule has 0 aliphatic heterocycles. The SMILES string of the molecule is C[C@@H](c1ccc(-n2cncn2)cc1)N(C)C[C@H](O)COc1ccccc1. The molecule has 0 amide bonds. The van der Waals surface area contributed by atoms with Crippen LogP contribution in [-0.4, -0.2) is 51.1 Å². The van der Waals surface area contributed by atoms with Gasteiger partial charge in [0.1, 0.15) is 31.1 Å². The molecule has 0 saturated carbocycles. The van der Waals surface area contributed by atoms with Gasteiger partial charge in [0.2, 0.25) is 0 Å². The van der Waals surface area contributed by atoms with Crippen LogP contribution < -0.4 is 4.74 Å². The molecule has 6 heteroatoms. The summed E-state index contributed by atoms with van der Waals surface area (Å²) in [6, 6.07) is 17.9. The van der Waals surface area contributed by atoms with Crippen molar-refractivity contribution in [2.24, 2.45) is 0 Å². The van der Waals surface area contributed by atoms with E-state index in [9.17, 15) is 5.11 Å². The van der Waals surface area contributed by atoms with Crippen molar-refractivity contribution >= 4 is 0 Å². The molecule has 0 aliphatic rings. The Balaban J connectivity index is 1.52. The predicted molar refractivity (Wildman–Crippen MR) is 100 cm³/mol. The standard InChI is InChI=1S/C20H24N4O2/c1-16(17-8-10-18(11-9-17)24-15-21-14-22-24)23(2)12-19(25)13-26-20-6-4-3-5-7-20/h3-11,14-16,19,25H,12-13H2,1-2H3/t16-,19-/m0/s1. The van der Waals surface area contributed by atoms with E-state index in [-0.39, 0.29) is 12.6 Å². The van der Waals surface area contributed by atoms with Crippen molar-refractivity contribution in [2.75, 3.05) is 20.2 Å². The van der Waals surface area contributed by atoms with E-state index in [1.165, 1.54) is 11.9 Å². The summed E-state index contributed by atoms with van der Waals surface area (Å²) in [4.78, 5) is 6.07. The van der Waals surface area contributed by atoms with Gasteiger partial charge in [0, 0.05) is 12.6 Å². The summed E-state index contributed by atoms with van der Waals surface area (Å²) >= 11 is 0. The molecule has 0 bridgehead atoms. The quantitative estimate of drug-likeness (QED) is 0.675. The van der Waals surface area contributed by atoms with Crippen molar-refractivity contribution in [2.45, 2.75) is 19.1 Å². The highest BCUT2D eigenvalue weighted by Crippen LogP contribution is 2.20. The van der Waals surface area contributed by atoms with Crippen LogP contribution in [0.15, 0.2) is 67.3 Å². The van der Waals surface area contributed by atoms with Gasteiger partial charge in [-0.25, -0.2) is 9.67 Å². The molecule has 2 atom stereocenters. The molecule has 3 aromatic rings. The smallest absolute Gasteiger partial charge is 0.138 e. The van der Waals surface area contributed by atoms with Crippen LogP contribution in [0.2, 0.25) is 0 Å². The van der Waals surface area contributed by atoms with Gasteiger partial charge in [-0.05, 0) is 43.8 Å². The lowest BCUT2D eigenvalue weighted by Gasteiger charge is -2.27. The third-order valence-corrected chi connectivity index (χ3v) is 4.40. The summed E-state index contributed by atoms with van der Waals surface area (Å²) in [5.74, 6) is 0.769. The molecule has 0 fully saturated rings. The molecular formula is C20H24N4O2. The third kappa shape index (κ3) is 4.68. The van der Waals surface area contributed by atoms with Gasteiger partial charge >= 0.3 is 0 Å². The second-order valence-corrected chi connectivity index (χ2v) is 6.33. The number of hydrogen-bond donors (Lipinski definition) is 1. The largest absolute Gasteiger partial charge is 0.491 e. The molecule has 0 saturated heterocycles. The maximum absolute atomic E-state index is 10.3. The highest BCUT2D eigenvalue weighted by molar-refractivity contribution is 5.34. The second-order valence-electron chi connectivity index (χ2n) is 6.33. The number of para-hydroxylation sites is 1. The van der Waals surface area contributed by atoms with E-state index < -0.39 is 6.10 Å². The second kappa shape index (κ2) is 8.60. The number of likely N-dealkylation sites (N-methyl/N-ethyl adjacent to an activating group) is 1. The Morgan fingerprint density at radius 3 is 2.50 bits per heavy atom. The van der Waals surface area contributed by atoms with Crippen molar-refractivity contribution in [3.63, 3.8) is 0 Å². The summed E-state index contributed by atoms with van der Waals surface area (Å²) in [7, 11) is 2.00. The van der Waals surface area contributed by atoms with E-state index >= 15 is 0 Å². The van der Waals surface area contributed by atoms with Crippen molar-refractivity contribution in [1.29, 1.82) is 0 Å². The molecule has 136 valence electrons. The lowest BCUT2D eigenvalue weighted by atomic mass is 10.1. The van der Waals surface area contributed by atoms with Crippen LogP contribution >= 0.6 is 0 Å². The van der Waals surface area contributed by atoms with Gasteiger partial charge in [0.05, 0.1) is 5.69 Å². The minimum absolute atomic E-state index is 0.172. The number of benzene rings is 2. The molecule has 26 heavy (non-hydrogen) atoms. The van der Waals surface area contributed by atoms with Crippen LogP contribution in [0.3, 0.4) is 0 Å². The average Bonchev–Trinajstić information content (AvgIpc) is 3.21. The highest BCUT2D eigenvalue weighted by atomic mass is 16.5. The van der Waals surface area contributed by atoms with Crippen LogP contribution in [0.5, 0.6) is 5.75 Å². The van der Waals surface area contributed by atoms with Crippen molar-refractivity contribution in [3.8, 4) is 11.4 Å². The van der Waals surface area contributed by atoms with E-state index in [0.717, 1.165) is 11.4 Å². The van der Waals surface area contributed by atoms with Gasteiger partial charge in [-0.15, -0.1) is 0 Å².